The van der Waals surface area contributed by atoms with Crippen molar-refractivity contribution in [3.8, 4) is 5.75 Å². The minimum absolute atomic E-state index is 0.347. The highest BCUT2D eigenvalue weighted by molar-refractivity contribution is 5.37. The van der Waals surface area contributed by atoms with E-state index in [-0.39, 0.29) is 0 Å². The molecule has 0 unspecified atom stereocenters. The Kier molecular flexibility index (Phi) is 1.95. The lowest BCUT2D eigenvalue weighted by Gasteiger charge is -2.02. The van der Waals surface area contributed by atoms with Gasteiger partial charge in [0.05, 0.1) is 0 Å². The Hall–Kier alpha value is -0.980. The zero-order valence-corrected chi connectivity index (χ0v) is 6.31. The number of phenolic OH excluding ortho intramolecular Hbond substituents is 1. The van der Waals surface area contributed by atoms with E-state index in [2.05, 4.69) is 13.0 Å². The van der Waals surface area contributed by atoms with Crippen LogP contribution in [0, 0.1) is 13.0 Å². The van der Waals surface area contributed by atoms with Crippen molar-refractivity contribution in [3.63, 3.8) is 0 Å². The summed E-state index contributed by atoms with van der Waals surface area (Å²) in [5.74, 6) is 0.347. The molecule has 0 spiro atoms. The van der Waals surface area contributed by atoms with Crippen LogP contribution in [-0.4, -0.2) is 5.11 Å². The van der Waals surface area contributed by atoms with Gasteiger partial charge in [-0.25, -0.2) is 0 Å². The van der Waals surface area contributed by atoms with E-state index in [9.17, 15) is 5.11 Å². The summed E-state index contributed by atoms with van der Waals surface area (Å²) in [5.41, 5.74) is 2.14. The highest BCUT2D eigenvalue weighted by Gasteiger charge is 1.98. The molecular formula is C9H11O. The zero-order chi connectivity index (χ0) is 7.56. The molecule has 0 aromatic heterocycles. The maximum atomic E-state index is 9.20. The topological polar surface area (TPSA) is 20.2 Å². The predicted molar refractivity (Wildman–Crippen MR) is 41.1 cm³/mol. The highest BCUT2D eigenvalue weighted by Crippen LogP contribution is 2.18. The average Bonchev–Trinajstić information content (AvgIpc) is 1.95. The Labute approximate surface area is 61.3 Å². The van der Waals surface area contributed by atoms with E-state index in [1.54, 1.807) is 6.07 Å². The molecule has 53 valence electrons. The normalized spacial score (nSPS) is 9.80. The molecule has 1 radical (unpaired) electrons. The molecule has 1 N–H and O–H groups in total. The van der Waals surface area contributed by atoms with Gasteiger partial charge in [0.1, 0.15) is 5.75 Å². The third-order valence-corrected chi connectivity index (χ3v) is 1.72. The number of hydrogen-bond acceptors (Lipinski definition) is 1. The SMILES string of the molecule is CCc1c[c]cc(O)c1C. The van der Waals surface area contributed by atoms with Crippen molar-refractivity contribution in [2.75, 3.05) is 0 Å². The Morgan fingerprint density at radius 2 is 2.20 bits per heavy atom. The van der Waals surface area contributed by atoms with E-state index in [1.165, 1.54) is 5.56 Å². The first-order valence-corrected chi connectivity index (χ1v) is 3.44. The van der Waals surface area contributed by atoms with Crippen LogP contribution in [0.2, 0.25) is 0 Å². The third kappa shape index (κ3) is 1.13. The Morgan fingerprint density at radius 3 is 2.70 bits per heavy atom. The van der Waals surface area contributed by atoms with Crippen LogP contribution in [0.1, 0.15) is 18.1 Å². The first kappa shape index (κ1) is 7.13. The highest BCUT2D eigenvalue weighted by atomic mass is 16.3. The monoisotopic (exact) mass is 135 g/mol. The Morgan fingerprint density at radius 1 is 1.50 bits per heavy atom. The zero-order valence-electron chi connectivity index (χ0n) is 6.31. The number of aryl methyl sites for hydroxylation is 1. The number of benzene rings is 1. The van der Waals surface area contributed by atoms with Gasteiger partial charge in [-0.3, -0.25) is 0 Å². The molecular weight excluding hydrogens is 124 g/mol. The molecule has 1 aromatic rings. The average molecular weight is 135 g/mol. The molecule has 0 amide bonds. The molecule has 0 bridgehead atoms. The molecule has 1 heteroatoms. The summed E-state index contributed by atoms with van der Waals surface area (Å²) in [7, 11) is 0. The summed E-state index contributed by atoms with van der Waals surface area (Å²) in [6.45, 7) is 3.98. The van der Waals surface area contributed by atoms with Crippen molar-refractivity contribution >= 4 is 0 Å². The fraction of sp³-hybridized carbons (Fsp3) is 0.333. The van der Waals surface area contributed by atoms with E-state index in [0.717, 1.165) is 12.0 Å². The molecule has 0 aliphatic rings. The number of rotatable bonds is 1. The number of phenols is 1. The maximum absolute atomic E-state index is 9.20. The van der Waals surface area contributed by atoms with Crippen LogP contribution in [-0.2, 0) is 6.42 Å². The van der Waals surface area contributed by atoms with Gasteiger partial charge >= 0.3 is 0 Å². The maximum Gasteiger partial charge on any atom is 0.119 e. The summed E-state index contributed by atoms with van der Waals surface area (Å²) >= 11 is 0. The van der Waals surface area contributed by atoms with Crippen molar-refractivity contribution in [1.82, 2.24) is 0 Å². The van der Waals surface area contributed by atoms with Crippen LogP contribution in [0.3, 0.4) is 0 Å². The van der Waals surface area contributed by atoms with Gasteiger partial charge in [0.15, 0.2) is 0 Å². The van der Waals surface area contributed by atoms with Gasteiger partial charge in [0, 0.05) is 0 Å². The lowest BCUT2D eigenvalue weighted by molar-refractivity contribution is 0.470. The third-order valence-electron chi connectivity index (χ3n) is 1.72. The van der Waals surface area contributed by atoms with Gasteiger partial charge in [-0.05, 0) is 36.6 Å². The van der Waals surface area contributed by atoms with Crippen molar-refractivity contribution in [1.29, 1.82) is 0 Å². The molecule has 0 saturated heterocycles. The molecule has 0 atom stereocenters. The minimum atomic E-state index is 0.347. The first-order chi connectivity index (χ1) is 4.75. The van der Waals surface area contributed by atoms with E-state index in [4.69, 9.17) is 0 Å². The second-order valence-corrected chi connectivity index (χ2v) is 2.34. The largest absolute Gasteiger partial charge is 0.508 e. The van der Waals surface area contributed by atoms with E-state index in [0.29, 0.717) is 5.75 Å². The van der Waals surface area contributed by atoms with Gasteiger partial charge < -0.3 is 5.11 Å². The van der Waals surface area contributed by atoms with Crippen molar-refractivity contribution in [3.05, 3.63) is 29.3 Å². The predicted octanol–water partition coefficient (Wildman–Crippen LogP) is 2.06. The summed E-state index contributed by atoms with van der Waals surface area (Å²) in [5, 5.41) is 9.20. The van der Waals surface area contributed by atoms with Crippen LogP contribution in [0.5, 0.6) is 5.75 Å². The standard InChI is InChI=1S/C9H11O/c1-3-8-5-4-6-9(10)7(8)2/h5-6,10H,3H2,1-2H3. The minimum Gasteiger partial charge on any atom is -0.508 e. The molecule has 0 fully saturated rings. The van der Waals surface area contributed by atoms with Crippen LogP contribution in [0.4, 0.5) is 0 Å². The second kappa shape index (κ2) is 2.74. The fourth-order valence-corrected chi connectivity index (χ4v) is 0.969. The molecule has 0 aliphatic carbocycles. The first-order valence-electron chi connectivity index (χ1n) is 3.44. The summed E-state index contributed by atoms with van der Waals surface area (Å²) in [6.07, 6.45) is 0.955. The molecule has 0 aliphatic heterocycles. The quantitative estimate of drug-likeness (QED) is 0.625. The molecule has 0 heterocycles. The van der Waals surface area contributed by atoms with Gasteiger partial charge in [-0.1, -0.05) is 13.0 Å². The Bertz CT molecular complexity index is 228. The van der Waals surface area contributed by atoms with Crippen LogP contribution < -0.4 is 0 Å². The van der Waals surface area contributed by atoms with E-state index in [1.807, 2.05) is 13.0 Å². The van der Waals surface area contributed by atoms with Crippen molar-refractivity contribution < 1.29 is 5.11 Å². The number of aromatic hydroxyl groups is 1. The second-order valence-electron chi connectivity index (χ2n) is 2.34. The Balaban J connectivity index is 3.14. The van der Waals surface area contributed by atoms with Gasteiger partial charge in [0.2, 0.25) is 0 Å². The van der Waals surface area contributed by atoms with Crippen LogP contribution in [0.15, 0.2) is 12.1 Å². The van der Waals surface area contributed by atoms with Crippen LogP contribution >= 0.6 is 0 Å². The smallest absolute Gasteiger partial charge is 0.119 e. The van der Waals surface area contributed by atoms with Crippen molar-refractivity contribution in [2.24, 2.45) is 0 Å². The molecule has 1 nitrogen and oxygen atoms in total. The van der Waals surface area contributed by atoms with Crippen molar-refractivity contribution in [2.45, 2.75) is 20.3 Å². The summed E-state index contributed by atoms with van der Waals surface area (Å²) in [4.78, 5) is 0. The van der Waals surface area contributed by atoms with Gasteiger partial charge in [0.25, 0.3) is 0 Å². The number of hydrogen-bond donors (Lipinski definition) is 1. The fourth-order valence-electron chi connectivity index (χ4n) is 0.969. The summed E-state index contributed by atoms with van der Waals surface area (Å²) in [6, 6.07) is 6.37. The lowest BCUT2D eigenvalue weighted by Crippen LogP contribution is -1.85. The molecule has 1 aromatic carbocycles. The summed E-state index contributed by atoms with van der Waals surface area (Å²) < 4.78 is 0. The van der Waals surface area contributed by atoms with Gasteiger partial charge in [-0.2, -0.15) is 0 Å². The van der Waals surface area contributed by atoms with E-state index >= 15 is 0 Å². The van der Waals surface area contributed by atoms with E-state index < -0.39 is 0 Å². The lowest BCUT2D eigenvalue weighted by atomic mass is 10.1. The van der Waals surface area contributed by atoms with Gasteiger partial charge in [-0.15, -0.1) is 0 Å². The molecule has 0 saturated carbocycles. The van der Waals surface area contributed by atoms with Crippen LogP contribution in [0.25, 0.3) is 0 Å². The molecule has 1 rings (SSSR count). The molecule has 10 heavy (non-hydrogen) atoms.